The van der Waals surface area contributed by atoms with E-state index < -0.39 is 0 Å². The van der Waals surface area contributed by atoms with Crippen molar-refractivity contribution in [2.45, 2.75) is 33.7 Å². The van der Waals surface area contributed by atoms with Crippen LogP contribution in [0.2, 0.25) is 0 Å². The highest BCUT2D eigenvalue weighted by molar-refractivity contribution is 5.54. The molecule has 0 fully saturated rings. The molecule has 5 nitrogen and oxygen atoms in total. The second-order valence-corrected chi connectivity index (χ2v) is 6.22. The maximum Gasteiger partial charge on any atom is 0.230 e. The molecule has 5 heteroatoms. The molecular formula is C20H23N3O2. The maximum atomic E-state index is 5.91. The Bertz CT molecular complexity index is 854. The van der Waals surface area contributed by atoms with Gasteiger partial charge in [0.1, 0.15) is 5.75 Å². The van der Waals surface area contributed by atoms with Crippen LogP contribution >= 0.6 is 0 Å². The van der Waals surface area contributed by atoms with E-state index in [4.69, 9.17) is 15.0 Å². The molecule has 0 amide bonds. The van der Waals surface area contributed by atoms with Gasteiger partial charge in [0.25, 0.3) is 0 Å². The van der Waals surface area contributed by atoms with Gasteiger partial charge in [-0.3, -0.25) is 0 Å². The molecule has 0 atom stereocenters. The third-order valence-electron chi connectivity index (χ3n) is 4.25. The summed E-state index contributed by atoms with van der Waals surface area (Å²) in [4.78, 5) is 4.44. The van der Waals surface area contributed by atoms with Gasteiger partial charge in [-0.25, -0.2) is 0 Å². The lowest BCUT2D eigenvalue weighted by Crippen LogP contribution is -2.03. The minimum absolute atomic E-state index is 0.497. The van der Waals surface area contributed by atoms with E-state index in [1.807, 2.05) is 24.3 Å². The summed E-state index contributed by atoms with van der Waals surface area (Å²) in [6.45, 7) is 7.25. The summed E-state index contributed by atoms with van der Waals surface area (Å²) < 4.78 is 11.2. The molecule has 2 N–H and O–H groups in total. The van der Waals surface area contributed by atoms with Gasteiger partial charge in [-0.05, 0) is 49.1 Å². The molecule has 0 aliphatic rings. The summed E-state index contributed by atoms with van der Waals surface area (Å²) in [6.07, 6.45) is 0.570. The predicted octanol–water partition coefficient (Wildman–Crippen LogP) is 3.74. The van der Waals surface area contributed by atoms with E-state index in [-0.39, 0.29) is 0 Å². The Morgan fingerprint density at radius 2 is 1.84 bits per heavy atom. The van der Waals surface area contributed by atoms with E-state index in [1.165, 1.54) is 11.1 Å². The fraction of sp³-hybridized carbons (Fsp3) is 0.300. The summed E-state index contributed by atoms with van der Waals surface area (Å²) in [5.74, 6) is 2.07. The van der Waals surface area contributed by atoms with Gasteiger partial charge < -0.3 is 15.0 Å². The molecule has 0 bridgehead atoms. The number of rotatable bonds is 6. The highest BCUT2D eigenvalue weighted by Crippen LogP contribution is 2.23. The van der Waals surface area contributed by atoms with Crippen LogP contribution in [0.3, 0.4) is 0 Å². The van der Waals surface area contributed by atoms with Gasteiger partial charge in [-0.15, -0.1) is 0 Å². The summed E-state index contributed by atoms with van der Waals surface area (Å²) in [6, 6.07) is 12.1. The van der Waals surface area contributed by atoms with Crippen LogP contribution in [-0.4, -0.2) is 16.7 Å². The highest BCUT2D eigenvalue weighted by Gasteiger charge is 2.10. The smallest absolute Gasteiger partial charge is 0.230 e. The zero-order valence-corrected chi connectivity index (χ0v) is 14.9. The lowest BCUT2D eigenvalue weighted by Gasteiger charge is -2.11. The molecule has 0 aliphatic heterocycles. The second kappa shape index (κ2) is 7.49. The number of hydrogen-bond acceptors (Lipinski definition) is 5. The Morgan fingerprint density at radius 1 is 1.08 bits per heavy atom. The third kappa shape index (κ3) is 4.06. The number of aryl methyl sites for hydroxylation is 2. The topological polar surface area (TPSA) is 74.2 Å². The number of ether oxygens (including phenoxy) is 1. The lowest BCUT2D eigenvalue weighted by molar-refractivity contribution is 0.291. The first-order chi connectivity index (χ1) is 12.1. The van der Waals surface area contributed by atoms with Gasteiger partial charge in [0.05, 0.1) is 13.0 Å². The first-order valence-electron chi connectivity index (χ1n) is 8.39. The average Bonchev–Trinajstić information content (AvgIpc) is 3.08. The molecule has 0 saturated carbocycles. The van der Waals surface area contributed by atoms with Crippen molar-refractivity contribution in [2.75, 3.05) is 6.61 Å². The fourth-order valence-corrected chi connectivity index (χ4v) is 2.66. The molecule has 1 aromatic heterocycles. The van der Waals surface area contributed by atoms with Gasteiger partial charge in [-0.1, -0.05) is 35.5 Å². The zero-order chi connectivity index (χ0) is 17.8. The Morgan fingerprint density at radius 3 is 2.56 bits per heavy atom. The van der Waals surface area contributed by atoms with Gasteiger partial charge in [-0.2, -0.15) is 4.98 Å². The van der Waals surface area contributed by atoms with Crippen molar-refractivity contribution in [3.8, 4) is 17.1 Å². The van der Waals surface area contributed by atoms with Crippen molar-refractivity contribution < 1.29 is 9.26 Å². The van der Waals surface area contributed by atoms with Gasteiger partial charge in [0.15, 0.2) is 0 Å². The molecule has 0 saturated heterocycles. The zero-order valence-electron chi connectivity index (χ0n) is 14.9. The Balaban J connectivity index is 1.62. The normalized spacial score (nSPS) is 10.9. The summed E-state index contributed by atoms with van der Waals surface area (Å²) in [7, 11) is 0. The maximum absolute atomic E-state index is 5.91. The molecular weight excluding hydrogens is 314 g/mol. The number of benzene rings is 2. The van der Waals surface area contributed by atoms with Crippen molar-refractivity contribution in [1.29, 1.82) is 0 Å². The van der Waals surface area contributed by atoms with Crippen molar-refractivity contribution in [1.82, 2.24) is 10.1 Å². The van der Waals surface area contributed by atoms with E-state index in [2.05, 4.69) is 43.0 Å². The first kappa shape index (κ1) is 17.2. The largest absolute Gasteiger partial charge is 0.493 e. The Labute approximate surface area is 147 Å². The van der Waals surface area contributed by atoms with Crippen LogP contribution in [0.4, 0.5) is 0 Å². The van der Waals surface area contributed by atoms with Gasteiger partial charge in [0.2, 0.25) is 11.7 Å². The van der Waals surface area contributed by atoms with Gasteiger partial charge >= 0.3 is 0 Å². The van der Waals surface area contributed by atoms with E-state index in [0.29, 0.717) is 31.3 Å². The van der Waals surface area contributed by atoms with Crippen molar-refractivity contribution in [3.63, 3.8) is 0 Å². The van der Waals surface area contributed by atoms with Crippen LogP contribution in [0.25, 0.3) is 11.4 Å². The molecule has 3 rings (SSSR count). The molecule has 0 unspecified atom stereocenters. The monoisotopic (exact) mass is 337 g/mol. The lowest BCUT2D eigenvalue weighted by atomic mass is 10.1. The van der Waals surface area contributed by atoms with Crippen molar-refractivity contribution in [2.24, 2.45) is 5.73 Å². The number of aromatic nitrogens is 2. The van der Waals surface area contributed by atoms with Crippen LogP contribution in [-0.2, 0) is 13.0 Å². The molecule has 0 spiro atoms. The van der Waals surface area contributed by atoms with Crippen LogP contribution in [0, 0.1) is 20.8 Å². The summed E-state index contributed by atoms with van der Waals surface area (Å²) in [5.41, 5.74) is 11.2. The quantitative estimate of drug-likeness (QED) is 0.741. The second-order valence-electron chi connectivity index (χ2n) is 6.22. The van der Waals surface area contributed by atoms with E-state index in [1.54, 1.807) is 0 Å². The first-order valence-corrected chi connectivity index (χ1v) is 8.39. The molecule has 1 heterocycles. The predicted molar refractivity (Wildman–Crippen MR) is 97.5 cm³/mol. The number of nitrogens with two attached hydrogens (primary N) is 1. The fourth-order valence-electron chi connectivity index (χ4n) is 2.66. The van der Waals surface area contributed by atoms with E-state index >= 15 is 0 Å². The minimum Gasteiger partial charge on any atom is -0.493 e. The molecule has 2 aromatic carbocycles. The third-order valence-corrected chi connectivity index (χ3v) is 4.25. The standard InChI is InChI=1S/C20H23N3O2/c1-13-10-14(2)15(3)18(11-13)24-9-8-19-22-20(23-25-19)17-6-4-16(12-21)5-7-17/h4-7,10-11H,8-9,12,21H2,1-3H3. The van der Waals surface area contributed by atoms with Crippen LogP contribution in [0.1, 0.15) is 28.1 Å². The molecule has 3 aromatic rings. The van der Waals surface area contributed by atoms with Crippen LogP contribution < -0.4 is 10.5 Å². The summed E-state index contributed by atoms with van der Waals surface area (Å²) >= 11 is 0. The summed E-state index contributed by atoms with van der Waals surface area (Å²) in [5, 5.41) is 4.04. The van der Waals surface area contributed by atoms with Crippen molar-refractivity contribution in [3.05, 3.63) is 64.5 Å². The molecule has 0 aliphatic carbocycles. The number of nitrogens with zero attached hydrogens (tertiary/aromatic N) is 2. The highest BCUT2D eigenvalue weighted by atomic mass is 16.5. The van der Waals surface area contributed by atoms with Crippen LogP contribution in [0.5, 0.6) is 5.75 Å². The molecule has 0 radical (unpaired) electrons. The molecule has 130 valence electrons. The van der Waals surface area contributed by atoms with E-state index in [0.717, 1.165) is 22.4 Å². The Hall–Kier alpha value is -2.66. The van der Waals surface area contributed by atoms with Gasteiger partial charge in [0, 0.05) is 12.1 Å². The average molecular weight is 337 g/mol. The van der Waals surface area contributed by atoms with Crippen LogP contribution in [0.15, 0.2) is 40.9 Å². The Kier molecular flexibility index (Phi) is 5.14. The SMILES string of the molecule is Cc1cc(C)c(C)c(OCCc2nc(-c3ccc(CN)cc3)no2)c1. The van der Waals surface area contributed by atoms with E-state index in [9.17, 15) is 0 Å². The van der Waals surface area contributed by atoms with Crippen molar-refractivity contribution >= 4 is 0 Å². The molecule has 25 heavy (non-hydrogen) atoms. The number of hydrogen-bond donors (Lipinski definition) is 1. The minimum atomic E-state index is 0.497.